The molecule has 0 bridgehead atoms. The average Bonchev–Trinajstić information content (AvgIpc) is 2.60. The zero-order valence-electron chi connectivity index (χ0n) is 10.9. The second-order valence-electron chi connectivity index (χ2n) is 4.06. The van der Waals surface area contributed by atoms with Crippen molar-refractivity contribution < 1.29 is 27.5 Å². The molecule has 0 spiro atoms. The van der Waals surface area contributed by atoms with Gasteiger partial charge in [-0.15, -0.1) is 0 Å². The van der Waals surface area contributed by atoms with Crippen molar-refractivity contribution in [2.24, 2.45) is 0 Å². The maximum absolute atomic E-state index is 12.1. The highest BCUT2D eigenvalue weighted by atomic mass is 19.4. The Balaban J connectivity index is 3.00. The van der Waals surface area contributed by atoms with Crippen LogP contribution >= 0.6 is 0 Å². The van der Waals surface area contributed by atoms with Crippen LogP contribution in [0.5, 0.6) is 0 Å². The van der Waals surface area contributed by atoms with Gasteiger partial charge in [-0.05, 0) is 11.3 Å². The molecule has 1 saturated carbocycles. The van der Waals surface area contributed by atoms with E-state index in [0.717, 1.165) is 0 Å². The van der Waals surface area contributed by atoms with Crippen LogP contribution in [0, 0.1) is 0 Å². The first-order valence-electron chi connectivity index (χ1n) is 5.53. The van der Waals surface area contributed by atoms with Crippen LogP contribution in [0.4, 0.5) is 13.2 Å². The van der Waals surface area contributed by atoms with Gasteiger partial charge >= 0.3 is 12.1 Å². The number of methoxy groups -OCH3 is 1. The summed E-state index contributed by atoms with van der Waals surface area (Å²) in [5.74, 6) is -2.22. The molecule has 0 saturated heterocycles. The van der Waals surface area contributed by atoms with Gasteiger partial charge in [-0.1, -0.05) is 12.3 Å². The molecule has 1 N–H and O–H groups in total. The standard InChI is InChI=1S/C13H12F3NO3/c1-7(20-3)4-5-9-8(2)10(6-11(9)18)17-12(19)13(14,15)16/h10H,2,6H2,1,3H3,(H,17,19). The molecule has 1 amide bonds. The zero-order chi connectivity index (χ0) is 15.5. The number of rotatable bonds is 2. The van der Waals surface area contributed by atoms with E-state index in [1.165, 1.54) is 7.11 Å². The fourth-order valence-corrected chi connectivity index (χ4v) is 1.49. The number of carbonyl (C=O) groups is 2. The summed E-state index contributed by atoms with van der Waals surface area (Å²) in [5, 5.41) is 1.72. The van der Waals surface area contributed by atoms with E-state index in [9.17, 15) is 22.8 Å². The van der Waals surface area contributed by atoms with Gasteiger partial charge in [0, 0.05) is 13.3 Å². The highest BCUT2D eigenvalue weighted by Crippen LogP contribution is 2.26. The lowest BCUT2D eigenvalue weighted by molar-refractivity contribution is -0.174. The average molecular weight is 287 g/mol. The number of allylic oxidation sites excluding steroid dienone is 1. The van der Waals surface area contributed by atoms with Crippen LogP contribution in [-0.2, 0) is 14.3 Å². The minimum atomic E-state index is -5.00. The molecule has 0 aromatic carbocycles. The summed E-state index contributed by atoms with van der Waals surface area (Å²) in [5.41, 5.74) is 5.11. The van der Waals surface area contributed by atoms with Crippen molar-refractivity contribution in [3.8, 4) is 0 Å². The molecule has 1 aliphatic rings. The molecule has 1 aliphatic carbocycles. The number of amides is 1. The third-order valence-corrected chi connectivity index (χ3v) is 2.64. The van der Waals surface area contributed by atoms with Crippen LogP contribution in [0.1, 0.15) is 13.3 Å². The van der Waals surface area contributed by atoms with E-state index < -0.39 is 23.9 Å². The van der Waals surface area contributed by atoms with Crippen molar-refractivity contribution in [1.29, 1.82) is 0 Å². The minimum Gasteiger partial charge on any atom is -0.493 e. The van der Waals surface area contributed by atoms with E-state index >= 15 is 0 Å². The Morgan fingerprint density at radius 1 is 1.50 bits per heavy atom. The summed E-state index contributed by atoms with van der Waals surface area (Å²) in [6.45, 7) is 5.08. The van der Waals surface area contributed by atoms with Gasteiger partial charge in [0.25, 0.3) is 0 Å². The molecule has 20 heavy (non-hydrogen) atoms. The van der Waals surface area contributed by atoms with Crippen LogP contribution in [0.3, 0.4) is 0 Å². The molecular formula is C13H12F3NO3. The van der Waals surface area contributed by atoms with Crippen LogP contribution in [0.2, 0.25) is 0 Å². The van der Waals surface area contributed by atoms with E-state index in [2.05, 4.69) is 18.0 Å². The Hall–Kier alpha value is -2.23. The maximum Gasteiger partial charge on any atom is 0.471 e. The largest absolute Gasteiger partial charge is 0.493 e. The Labute approximate surface area is 113 Å². The van der Waals surface area contributed by atoms with Crippen molar-refractivity contribution in [1.82, 2.24) is 5.32 Å². The molecular weight excluding hydrogens is 275 g/mol. The first-order valence-corrected chi connectivity index (χ1v) is 5.53. The Morgan fingerprint density at radius 3 is 2.60 bits per heavy atom. The summed E-state index contributed by atoms with van der Waals surface area (Å²) in [6, 6.07) is -1.08. The number of halogens is 3. The van der Waals surface area contributed by atoms with Gasteiger partial charge in [-0.2, -0.15) is 13.2 Å². The van der Waals surface area contributed by atoms with Crippen molar-refractivity contribution in [3.05, 3.63) is 34.9 Å². The van der Waals surface area contributed by atoms with Crippen LogP contribution in [0.25, 0.3) is 0 Å². The van der Waals surface area contributed by atoms with Crippen LogP contribution in [0.15, 0.2) is 34.9 Å². The summed E-state index contributed by atoms with van der Waals surface area (Å²) in [7, 11) is 1.40. The molecule has 0 aromatic heterocycles. The van der Waals surface area contributed by atoms with Gasteiger partial charge in [0.05, 0.1) is 18.7 Å². The minimum absolute atomic E-state index is 0.00822. The second kappa shape index (κ2) is 5.82. The maximum atomic E-state index is 12.1. The van der Waals surface area contributed by atoms with Gasteiger partial charge < -0.3 is 10.1 Å². The number of nitrogens with one attached hydrogen (secondary N) is 1. The number of alkyl halides is 3. The van der Waals surface area contributed by atoms with E-state index in [-0.39, 0.29) is 17.6 Å². The third kappa shape index (κ3) is 3.63. The molecule has 4 nitrogen and oxygen atoms in total. The van der Waals surface area contributed by atoms with Gasteiger partial charge in [-0.25, -0.2) is 0 Å². The van der Waals surface area contributed by atoms with Crippen molar-refractivity contribution >= 4 is 11.7 Å². The highest BCUT2D eigenvalue weighted by Gasteiger charge is 2.42. The van der Waals surface area contributed by atoms with Crippen LogP contribution < -0.4 is 5.32 Å². The summed E-state index contributed by atoms with van der Waals surface area (Å²) < 4.78 is 41.2. The van der Waals surface area contributed by atoms with Gasteiger partial charge in [0.15, 0.2) is 5.78 Å². The molecule has 0 heterocycles. The zero-order valence-corrected chi connectivity index (χ0v) is 10.9. The van der Waals surface area contributed by atoms with E-state index in [0.29, 0.717) is 5.76 Å². The first kappa shape index (κ1) is 15.8. The molecule has 1 atom stereocenters. The van der Waals surface area contributed by atoms with Crippen LogP contribution in [-0.4, -0.2) is 31.0 Å². The molecule has 0 radical (unpaired) electrons. The monoisotopic (exact) mass is 287 g/mol. The third-order valence-electron chi connectivity index (χ3n) is 2.64. The lowest BCUT2D eigenvalue weighted by Gasteiger charge is -2.13. The van der Waals surface area contributed by atoms with E-state index in [1.54, 1.807) is 12.2 Å². The summed E-state index contributed by atoms with van der Waals surface area (Å²) >= 11 is 0. The van der Waals surface area contributed by atoms with Gasteiger partial charge in [-0.3, -0.25) is 9.59 Å². The summed E-state index contributed by atoms with van der Waals surface area (Å²) in [6.07, 6.45) is -5.28. The lowest BCUT2D eigenvalue weighted by atomic mass is 10.1. The normalized spacial score (nSPS) is 18.4. The smallest absolute Gasteiger partial charge is 0.471 e. The fourth-order valence-electron chi connectivity index (χ4n) is 1.49. The first-order chi connectivity index (χ1) is 9.16. The predicted molar refractivity (Wildman–Crippen MR) is 63.5 cm³/mol. The Bertz CT molecular complexity index is 562. The number of hydrogen-bond donors (Lipinski definition) is 1. The van der Waals surface area contributed by atoms with E-state index in [4.69, 9.17) is 4.74 Å². The quantitative estimate of drug-likeness (QED) is 0.478. The molecule has 1 rings (SSSR count). The number of hydrogen-bond acceptors (Lipinski definition) is 3. The molecule has 0 aliphatic heterocycles. The number of ether oxygens (including phenoxy) is 1. The van der Waals surface area contributed by atoms with Crippen molar-refractivity contribution in [3.63, 3.8) is 0 Å². The Kier molecular flexibility index (Phi) is 4.61. The van der Waals surface area contributed by atoms with Gasteiger partial charge in [0.1, 0.15) is 5.76 Å². The predicted octanol–water partition coefficient (Wildman–Crippen LogP) is 1.79. The van der Waals surface area contributed by atoms with Crippen molar-refractivity contribution in [2.75, 3.05) is 7.11 Å². The molecule has 0 aromatic rings. The number of carbonyl (C=O) groups excluding carboxylic acids is 2. The summed E-state index contributed by atoms with van der Waals surface area (Å²) in [4.78, 5) is 22.5. The van der Waals surface area contributed by atoms with Crippen molar-refractivity contribution in [2.45, 2.75) is 25.6 Å². The molecule has 108 valence electrons. The SMILES string of the molecule is C=C1C(=C=C=C(C)OC)C(=O)CC1NC(=O)C(F)(F)F. The highest BCUT2D eigenvalue weighted by molar-refractivity contribution is 6.04. The number of Topliss-reactive ketones (excluding diaryl/α,β-unsaturated/α-hetero) is 1. The second-order valence-corrected chi connectivity index (χ2v) is 4.06. The van der Waals surface area contributed by atoms with Gasteiger partial charge in [0.2, 0.25) is 0 Å². The fraction of sp³-hybridized carbons (Fsp3) is 0.385. The lowest BCUT2D eigenvalue weighted by Crippen LogP contribution is -2.42. The Morgan fingerprint density at radius 2 is 2.10 bits per heavy atom. The number of ketones is 1. The van der Waals surface area contributed by atoms with E-state index in [1.807, 2.05) is 0 Å². The molecule has 1 fully saturated rings. The molecule has 7 heteroatoms. The topological polar surface area (TPSA) is 55.4 Å². The molecule has 1 unspecified atom stereocenters.